The highest BCUT2D eigenvalue weighted by molar-refractivity contribution is 9.10. The van der Waals surface area contributed by atoms with Crippen LogP contribution in [-0.4, -0.2) is 29.5 Å². The van der Waals surface area contributed by atoms with Crippen LogP contribution in [0.3, 0.4) is 0 Å². The van der Waals surface area contributed by atoms with Crippen molar-refractivity contribution in [3.63, 3.8) is 0 Å². The number of alkyl halides is 3. The van der Waals surface area contributed by atoms with Crippen LogP contribution in [0.2, 0.25) is 0 Å². The highest BCUT2D eigenvalue weighted by Gasteiger charge is 2.38. The lowest BCUT2D eigenvalue weighted by molar-refractivity contribution is -0.210. The van der Waals surface area contributed by atoms with Crippen molar-refractivity contribution in [3.8, 4) is 5.75 Å². The summed E-state index contributed by atoms with van der Waals surface area (Å²) in [5.41, 5.74) is 0.784. The van der Waals surface area contributed by atoms with E-state index in [4.69, 9.17) is 9.84 Å². The molecule has 0 fully saturated rings. The predicted molar refractivity (Wildman–Crippen MR) is 78.3 cm³/mol. The van der Waals surface area contributed by atoms with E-state index >= 15 is 0 Å². The molecule has 1 unspecified atom stereocenters. The van der Waals surface area contributed by atoms with Crippen LogP contribution in [0.4, 0.5) is 13.2 Å². The van der Waals surface area contributed by atoms with Gasteiger partial charge in [0.25, 0.3) is 0 Å². The second kappa shape index (κ2) is 6.98. The van der Waals surface area contributed by atoms with Crippen molar-refractivity contribution in [3.05, 3.63) is 28.2 Å². The average Bonchev–Trinajstić information content (AvgIpc) is 2.33. The molecule has 0 saturated heterocycles. The molecule has 3 nitrogen and oxygen atoms in total. The molecule has 120 valence electrons. The molecule has 1 atom stereocenters. The van der Waals surface area contributed by atoms with E-state index in [0.29, 0.717) is 6.54 Å². The monoisotopic (exact) mass is 369 g/mol. The fourth-order valence-electron chi connectivity index (χ4n) is 1.41. The van der Waals surface area contributed by atoms with Crippen molar-refractivity contribution >= 4 is 15.9 Å². The molecule has 0 aromatic heterocycles. The SMILES string of the molecule is CC(C)(C)NCc1cc(OCC(O)C(F)(F)F)ccc1Br. The quantitative estimate of drug-likeness (QED) is 0.832. The Kier molecular flexibility index (Phi) is 6.07. The van der Waals surface area contributed by atoms with E-state index in [1.165, 1.54) is 0 Å². The average molecular weight is 370 g/mol. The second-order valence-electron chi connectivity index (χ2n) is 5.73. The lowest BCUT2D eigenvalue weighted by Gasteiger charge is -2.21. The van der Waals surface area contributed by atoms with Gasteiger partial charge in [-0.3, -0.25) is 0 Å². The Balaban J connectivity index is 2.69. The van der Waals surface area contributed by atoms with Gasteiger partial charge in [-0.15, -0.1) is 0 Å². The molecular weight excluding hydrogens is 351 g/mol. The topological polar surface area (TPSA) is 41.5 Å². The van der Waals surface area contributed by atoms with Gasteiger partial charge in [0.15, 0.2) is 6.10 Å². The Morgan fingerprint density at radius 1 is 1.29 bits per heavy atom. The van der Waals surface area contributed by atoms with Gasteiger partial charge in [0.1, 0.15) is 12.4 Å². The highest BCUT2D eigenvalue weighted by Crippen LogP contribution is 2.25. The zero-order chi connectivity index (χ0) is 16.3. The van der Waals surface area contributed by atoms with E-state index in [-0.39, 0.29) is 11.3 Å². The molecule has 21 heavy (non-hydrogen) atoms. The van der Waals surface area contributed by atoms with Gasteiger partial charge in [-0.1, -0.05) is 15.9 Å². The van der Waals surface area contributed by atoms with Gasteiger partial charge in [0.2, 0.25) is 0 Å². The van der Waals surface area contributed by atoms with Crippen LogP contribution in [0, 0.1) is 0 Å². The largest absolute Gasteiger partial charge is 0.491 e. The first-order chi connectivity index (χ1) is 9.49. The van der Waals surface area contributed by atoms with Crippen molar-refractivity contribution in [2.24, 2.45) is 0 Å². The van der Waals surface area contributed by atoms with Crippen LogP contribution in [0.5, 0.6) is 5.75 Å². The molecule has 0 heterocycles. The maximum Gasteiger partial charge on any atom is 0.417 e. The van der Waals surface area contributed by atoms with Gasteiger partial charge in [-0.25, -0.2) is 0 Å². The number of aliphatic hydroxyl groups excluding tert-OH is 1. The Hall–Kier alpha value is -0.790. The number of halogens is 4. The zero-order valence-corrected chi connectivity index (χ0v) is 13.7. The minimum absolute atomic E-state index is 0.0806. The van der Waals surface area contributed by atoms with Crippen molar-refractivity contribution in [1.82, 2.24) is 5.32 Å². The molecule has 1 aromatic carbocycles. The van der Waals surface area contributed by atoms with Crippen molar-refractivity contribution in [2.75, 3.05) is 6.61 Å². The number of hydrogen-bond acceptors (Lipinski definition) is 3. The summed E-state index contributed by atoms with van der Waals surface area (Å²) < 4.78 is 42.4. The van der Waals surface area contributed by atoms with Gasteiger partial charge in [-0.05, 0) is 44.5 Å². The van der Waals surface area contributed by atoms with E-state index in [2.05, 4.69) is 21.2 Å². The summed E-state index contributed by atoms with van der Waals surface area (Å²) in [6.45, 7) is 5.77. The van der Waals surface area contributed by atoms with E-state index in [1.807, 2.05) is 20.8 Å². The normalized spacial score (nSPS) is 14.1. The fraction of sp³-hybridized carbons (Fsp3) is 0.571. The lowest BCUT2D eigenvalue weighted by Crippen LogP contribution is -2.35. The molecular formula is C14H19BrF3NO2. The summed E-state index contributed by atoms with van der Waals surface area (Å²) in [4.78, 5) is 0. The summed E-state index contributed by atoms with van der Waals surface area (Å²) >= 11 is 3.39. The molecule has 1 rings (SSSR count). The van der Waals surface area contributed by atoms with Crippen molar-refractivity contribution in [1.29, 1.82) is 0 Å². The summed E-state index contributed by atoms with van der Waals surface area (Å²) in [5, 5.41) is 12.2. The van der Waals surface area contributed by atoms with Crippen LogP contribution in [0.25, 0.3) is 0 Å². The van der Waals surface area contributed by atoms with E-state index in [0.717, 1.165) is 10.0 Å². The van der Waals surface area contributed by atoms with Crippen LogP contribution >= 0.6 is 15.9 Å². The minimum Gasteiger partial charge on any atom is -0.491 e. The van der Waals surface area contributed by atoms with E-state index in [1.54, 1.807) is 18.2 Å². The third-order valence-corrected chi connectivity index (χ3v) is 3.39. The molecule has 0 amide bonds. The first-order valence-corrected chi connectivity index (χ1v) is 7.19. The van der Waals surface area contributed by atoms with E-state index in [9.17, 15) is 13.2 Å². The Bertz CT molecular complexity index is 472. The second-order valence-corrected chi connectivity index (χ2v) is 6.58. The first kappa shape index (κ1) is 18.3. The molecule has 7 heteroatoms. The van der Waals surface area contributed by atoms with Gasteiger partial charge in [0.05, 0.1) is 0 Å². The number of nitrogens with one attached hydrogen (secondary N) is 1. The minimum atomic E-state index is -4.67. The van der Waals surface area contributed by atoms with Gasteiger partial charge >= 0.3 is 6.18 Å². The highest BCUT2D eigenvalue weighted by atomic mass is 79.9. The van der Waals surface area contributed by atoms with Gasteiger partial charge < -0.3 is 15.2 Å². The molecule has 1 aromatic rings. The van der Waals surface area contributed by atoms with Crippen LogP contribution in [0.1, 0.15) is 26.3 Å². The fourth-order valence-corrected chi connectivity index (χ4v) is 1.79. The lowest BCUT2D eigenvalue weighted by atomic mass is 10.1. The number of hydrogen-bond donors (Lipinski definition) is 2. The van der Waals surface area contributed by atoms with Crippen LogP contribution in [-0.2, 0) is 6.54 Å². The van der Waals surface area contributed by atoms with Gasteiger partial charge in [0, 0.05) is 16.6 Å². The summed E-state index contributed by atoms with van der Waals surface area (Å²) in [5.74, 6) is 0.284. The molecule has 0 spiro atoms. The third kappa shape index (κ3) is 6.67. The maximum atomic E-state index is 12.2. The smallest absolute Gasteiger partial charge is 0.417 e. The standard InChI is InChI=1S/C14H19BrF3NO2/c1-13(2,3)19-7-9-6-10(4-5-11(9)15)21-8-12(20)14(16,17)18/h4-6,12,19-20H,7-8H2,1-3H3. The first-order valence-electron chi connectivity index (χ1n) is 6.40. The Labute approximate surface area is 130 Å². The molecule has 0 aliphatic carbocycles. The summed E-state index contributed by atoms with van der Waals surface area (Å²) in [6, 6.07) is 4.90. The molecule has 2 N–H and O–H groups in total. The number of ether oxygens (including phenoxy) is 1. The summed E-state index contributed by atoms with van der Waals surface area (Å²) in [6.07, 6.45) is -7.16. The number of rotatable bonds is 5. The summed E-state index contributed by atoms with van der Waals surface area (Å²) in [7, 11) is 0. The maximum absolute atomic E-state index is 12.2. The van der Waals surface area contributed by atoms with Crippen LogP contribution < -0.4 is 10.1 Å². The molecule has 0 aliphatic heterocycles. The van der Waals surface area contributed by atoms with E-state index < -0.39 is 18.9 Å². The zero-order valence-electron chi connectivity index (χ0n) is 12.1. The predicted octanol–water partition coefficient (Wildman–Crippen LogP) is 3.64. The van der Waals surface area contributed by atoms with Crippen LogP contribution in [0.15, 0.2) is 22.7 Å². The number of aliphatic hydroxyl groups is 1. The van der Waals surface area contributed by atoms with Crippen molar-refractivity contribution in [2.45, 2.75) is 45.1 Å². The molecule has 0 saturated carbocycles. The van der Waals surface area contributed by atoms with Gasteiger partial charge in [-0.2, -0.15) is 13.2 Å². The molecule has 0 aliphatic rings. The third-order valence-electron chi connectivity index (χ3n) is 2.61. The molecule has 0 radical (unpaired) electrons. The molecule has 0 bridgehead atoms. The Morgan fingerprint density at radius 2 is 1.90 bits per heavy atom. The van der Waals surface area contributed by atoms with Crippen molar-refractivity contribution < 1.29 is 23.0 Å². The number of benzene rings is 1. The Morgan fingerprint density at radius 3 is 2.43 bits per heavy atom.